The zero-order valence-electron chi connectivity index (χ0n) is 11.7. The molecule has 4 heteroatoms. The van der Waals surface area contributed by atoms with Crippen LogP contribution in [-0.2, 0) is 6.42 Å². The number of hydrogen-bond donors (Lipinski definition) is 0. The summed E-state index contributed by atoms with van der Waals surface area (Å²) in [7, 11) is 1.70. The van der Waals surface area contributed by atoms with E-state index >= 15 is 0 Å². The molecule has 20 heavy (non-hydrogen) atoms. The minimum absolute atomic E-state index is 0.00667. The van der Waals surface area contributed by atoms with Crippen molar-refractivity contribution in [2.45, 2.75) is 25.8 Å². The Morgan fingerprint density at radius 3 is 2.70 bits per heavy atom. The molecule has 3 nitrogen and oxygen atoms in total. The van der Waals surface area contributed by atoms with Crippen molar-refractivity contribution in [1.29, 1.82) is 0 Å². The molecule has 0 aliphatic heterocycles. The summed E-state index contributed by atoms with van der Waals surface area (Å²) in [6.07, 6.45) is 3.15. The maximum atomic E-state index is 13.6. The summed E-state index contributed by atoms with van der Waals surface area (Å²) in [6.45, 7) is 1.95. The molecule has 0 fully saturated rings. The van der Waals surface area contributed by atoms with Crippen molar-refractivity contribution in [3.05, 3.63) is 59.8 Å². The third-order valence-electron chi connectivity index (χ3n) is 3.47. The lowest BCUT2D eigenvalue weighted by atomic mass is 10.1. The summed E-state index contributed by atoms with van der Waals surface area (Å²) in [5.74, 6) is 0.112. The second-order valence-electron chi connectivity index (χ2n) is 4.86. The van der Waals surface area contributed by atoms with Gasteiger partial charge in [-0.25, -0.2) is 4.39 Å². The van der Waals surface area contributed by atoms with Crippen LogP contribution >= 0.6 is 0 Å². The van der Waals surface area contributed by atoms with Crippen molar-refractivity contribution in [3.63, 3.8) is 0 Å². The van der Waals surface area contributed by atoms with Gasteiger partial charge in [-0.3, -0.25) is 4.79 Å². The topological polar surface area (TPSA) is 33.5 Å². The minimum atomic E-state index is -0.484. The number of rotatable bonds is 5. The highest BCUT2D eigenvalue weighted by Crippen LogP contribution is 2.14. The maximum absolute atomic E-state index is 13.6. The minimum Gasteiger partial charge on any atom is -0.469 e. The number of amides is 1. The third kappa shape index (κ3) is 3.26. The quantitative estimate of drug-likeness (QED) is 0.836. The molecule has 0 spiro atoms. The number of carbonyl (C=O) groups is 1. The Hall–Kier alpha value is -2.10. The predicted molar refractivity (Wildman–Crippen MR) is 75.0 cm³/mol. The first kappa shape index (κ1) is 14.3. The molecular weight excluding hydrogens is 257 g/mol. The predicted octanol–water partition coefficient (Wildman–Crippen LogP) is 3.51. The van der Waals surface area contributed by atoms with Gasteiger partial charge in [0.2, 0.25) is 0 Å². The van der Waals surface area contributed by atoms with E-state index in [1.165, 1.54) is 12.1 Å². The molecule has 1 aromatic carbocycles. The highest BCUT2D eigenvalue weighted by Gasteiger charge is 2.20. The SMILES string of the molecule is CC(CCc1ccco1)N(C)C(=O)c1ccccc1F. The smallest absolute Gasteiger partial charge is 0.256 e. The number of nitrogens with zero attached hydrogens (tertiary/aromatic N) is 1. The van der Waals surface area contributed by atoms with Gasteiger partial charge in [0.25, 0.3) is 5.91 Å². The second-order valence-corrected chi connectivity index (χ2v) is 4.86. The Balaban J connectivity index is 1.97. The molecule has 0 aliphatic carbocycles. The van der Waals surface area contributed by atoms with E-state index in [0.717, 1.165) is 18.6 Å². The van der Waals surface area contributed by atoms with E-state index < -0.39 is 5.82 Å². The van der Waals surface area contributed by atoms with E-state index in [9.17, 15) is 9.18 Å². The average molecular weight is 275 g/mol. The monoisotopic (exact) mass is 275 g/mol. The van der Waals surface area contributed by atoms with Gasteiger partial charge in [0.05, 0.1) is 11.8 Å². The Labute approximate surface area is 118 Å². The Morgan fingerprint density at radius 1 is 1.30 bits per heavy atom. The van der Waals surface area contributed by atoms with Gasteiger partial charge >= 0.3 is 0 Å². The molecule has 2 rings (SSSR count). The highest BCUT2D eigenvalue weighted by molar-refractivity contribution is 5.94. The van der Waals surface area contributed by atoms with E-state index in [1.807, 2.05) is 19.1 Å². The summed E-state index contributed by atoms with van der Waals surface area (Å²) in [4.78, 5) is 13.8. The molecule has 0 bridgehead atoms. The Kier molecular flexibility index (Phi) is 4.56. The lowest BCUT2D eigenvalue weighted by Gasteiger charge is -2.25. The van der Waals surface area contributed by atoms with Crippen molar-refractivity contribution in [2.24, 2.45) is 0 Å². The van der Waals surface area contributed by atoms with Crippen LogP contribution in [-0.4, -0.2) is 23.9 Å². The highest BCUT2D eigenvalue weighted by atomic mass is 19.1. The first-order chi connectivity index (χ1) is 9.59. The van der Waals surface area contributed by atoms with E-state index in [2.05, 4.69) is 0 Å². The fourth-order valence-corrected chi connectivity index (χ4v) is 2.02. The summed E-state index contributed by atoms with van der Waals surface area (Å²) in [5.41, 5.74) is 0.111. The van der Waals surface area contributed by atoms with Gasteiger partial charge in [-0.05, 0) is 37.6 Å². The Morgan fingerprint density at radius 2 is 2.05 bits per heavy atom. The van der Waals surface area contributed by atoms with Crippen LogP contribution in [0.3, 0.4) is 0 Å². The van der Waals surface area contributed by atoms with Gasteiger partial charge in [-0.1, -0.05) is 12.1 Å². The van der Waals surface area contributed by atoms with Crippen LogP contribution in [0.15, 0.2) is 47.1 Å². The molecule has 0 N–H and O–H groups in total. The maximum Gasteiger partial charge on any atom is 0.256 e. The Bertz CT molecular complexity index is 566. The van der Waals surface area contributed by atoms with E-state index in [4.69, 9.17) is 4.42 Å². The molecule has 1 heterocycles. The van der Waals surface area contributed by atoms with Crippen LogP contribution < -0.4 is 0 Å². The van der Waals surface area contributed by atoms with Crippen LogP contribution in [0.4, 0.5) is 4.39 Å². The zero-order valence-corrected chi connectivity index (χ0v) is 11.7. The van der Waals surface area contributed by atoms with Gasteiger partial charge in [-0.2, -0.15) is 0 Å². The molecular formula is C16H18FNO2. The van der Waals surface area contributed by atoms with Crippen LogP contribution in [0.25, 0.3) is 0 Å². The van der Waals surface area contributed by atoms with Crippen molar-refractivity contribution >= 4 is 5.91 Å². The summed E-state index contributed by atoms with van der Waals surface area (Å²) in [6, 6.07) is 9.80. The molecule has 1 unspecified atom stereocenters. The number of halogens is 1. The van der Waals surface area contributed by atoms with E-state index in [-0.39, 0.29) is 17.5 Å². The van der Waals surface area contributed by atoms with Gasteiger partial charge in [0, 0.05) is 19.5 Å². The second kappa shape index (κ2) is 6.37. The molecule has 0 saturated carbocycles. The van der Waals surface area contributed by atoms with Crippen LogP contribution in [0, 0.1) is 5.82 Å². The number of hydrogen-bond acceptors (Lipinski definition) is 2. The third-order valence-corrected chi connectivity index (χ3v) is 3.47. The standard InChI is InChI=1S/C16H18FNO2/c1-12(9-10-13-6-5-11-20-13)18(2)16(19)14-7-3-4-8-15(14)17/h3-8,11-12H,9-10H2,1-2H3. The molecule has 0 saturated heterocycles. The normalized spacial score (nSPS) is 12.2. The lowest BCUT2D eigenvalue weighted by Crippen LogP contribution is -2.35. The fourth-order valence-electron chi connectivity index (χ4n) is 2.02. The average Bonchev–Trinajstić information content (AvgIpc) is 2.97. The van der Waals surface area contributed by atoms with Crippen LogP contribution in [0.5, 0.6) is 0 Å². The number of furan rings is 1. The summed E-state index contributed by atoms with van der Waals surface area (Å²) >= 11 is 0. The van der Waals surface area contributed by atoms with Crippen molar-refractivity contribution in [2.75, 3.05) is 7.05 Å². The van der Waals surface area contributed by atoms with Crippen molar-refractivity contribution < 1.29 is 13.6 Å². The molecule has 2 aromatic rings. The van der Waals surface area contributed by atoms with Gasteiger partial charge in [0.1, 0.15) is 11.6 Å². The van der Waals surface area contributed by atoms with Crippen LogP contribution in [0.1, 0.15) is 29.5 Å². The van der Waals surface area contributed by atoms with Gasteiger partial charge in [0.15, 0.2) is 0 Å². The zero-order chi connectivity index (χ0) is 14.5. The van der Waals surface area contributed by atoms with Gasteiger partial charge < -0.3 is 9.32 Å². The number of carbonyl (C=O) groups excluding carboxylic acids is 1. The van der Waals surface area contributed by atoms with Crippen molar-refractivity contribution in [1.82, 2.24) is 4.90 Å². The fraction of sp³-hybridized carbons (Fsp3) is 0.312. The molecule has 0 aliphatic rings. The molecule has 1 atom stereocenters. The van der Waals surface area contributed by atoms with E-state index in [0.29, 0.717) is 0 Å². The summed E-state index contributed by atoms with van der Waals surface area (Å²) < 4.78 is 18.9. The first-order valence-corrected chi connectivity index (χ1v) is 6.63. The molecule has 106 valence electrons. The molecule has 1 aromatic heterocycles. The largest absolute Gasteiger partial charge is 0.469 e. The first-order valence-electron chi connectivity index (χ1n) is 6.63. The lowest BCUT2D eigenvalue weighted by molar-refractivity contribution is 0.0731. The number of benzene rings is 1. The molecule has 0 radical (unpaired) electrons. The summed E-state index contributed by atoms with van der Waals surface area (Å²) in [5, 5.41) is 0. The van der Waals surface area contributed by atoms with E-state index in [1.54, 1.807) is 30.3 Å². The molecule has 1 amide bonds. The van der Waals surface area contributed by atoms with Crippen molar-refractivity contribution in [3.8, 4) is 0 Å². The number of aryl methyl sites for hydroxylation is 1. The van der Waals surface area contributed by atoms with Gasteiger partial charge in [-0.15, -0.1) is 0 Å². The van der Waals surface area contributed by atoms with Crippen LogP contribution in [0.2, 0.25) is 0 Å².